The summed E-state index contributed by atoms with van der Waals surface area (Å²) in [6.07, 6.45) is 2.26. The first kappa shape index (κ1) is 19.5. The summed E-state index contributed by atoms with van der Waals surface area (Å²) < 4.78 is 15.8. The van der Waals surface area contributed by atoms with Crippen LogP contribution in [-0.2, 0) is 6.42 Å². The minimum absolute atomic E-state index is 0.139. The Morgan fingerprint density at radius 2 is 1.83 bits per heavy atom. The molecular formula is C22H20N2O6. The molecule has 0 spiro atoms. The van der Waals surface area contributed by atoms with Crippen LogP contribution in [0.3, 0.4) is 0 Å². The van der Waals surface area contributed by atoms with Gasteiger partial charge in [-0.05, 0) is 24.6 Å². The monoisotopic (exact) mass is 408 g/mol. The number of carbonyl (C=O) groups is 2. The van der Waals surface area contributed by atoms with E-state index in [1.165, 1.54) is 20.3 Å². The van der Waals surface area contributed by atoms with Crippen LogP contribution in [-0.4, -0.2) is 30.9 Å². The number of furan rings is 1. The van der Waals surface area contributed by atoms with Crippen molar-refractivity contribution in [3.63, 3.8) is 0 Å². The van der Waals surface area contributed by atoms with Crippen molar-refractivity contribution in [1.82, 2.24) is 4.98 Å². The van der Waals surface area contributed by atoms with Crippen molar-refractivity contribution in [3.05, 3.63) is 75.6 Å². The molecule has 0 radical (unpaired) electrons. The van der Waals surface area contributed by atoms with Crippen LogP contribution >= 0.6 is 0 Å². The number of anilines is 1. The van der Waals surface area contributed by atoms with E-state index in [1.54, 1.807) is 30.5 Å². The highest BCUT2D eigenvalue weighted by Crippen LogP contribution is 2.32. The number of nitrogens with one attached hydrogen (secondary N) is 2. The van der Waals surface area contributed by atoms with Crippen LogP contribution in [0.15, 0.2) is 51.9 Å². The normalized spacial score (nSPS) is 15.4. The van der Waals surface area contributed by atoms with E-state index in [1.807, 2.05) is 6.07 Å². The lowest BCUT2D eigenvalue weighted by atomic mass is 9.84. The second-order valence-electron chi connectivity index (χ2n) is 7.00. The molecule has 1 aliphatic rings. The number of aromatic amines is 1. The number of methoxy groups -OCH3 is 2. The highest BCUT2D eigenvalue weighted by atomic mass is 16.5. The van der Waals surface area contributed by atoms with Gasteiger partial charge in [-0.1, -0.05) is 0 Å². The molecule has 4 rings (SSSR count). The summed E-state index contributed by atoms with van der Waals surface area (Å²) in [5.74, 6) is 0.760. The molecule has 8 nitrogen and oxygen atoms in total. The van der Waals surface area contributed by atoms with Gasteiger partial charge in [-0.2, -0.15) is 0 Å². The fourth-order valence-electron chi connectivity index (χ4n) is 3.60. The molecule has 2 aromatic heterocycles. The number of aromatic nitrogens is 1. The number of benzene rings is 1. The van der Waals surface area contributed by atoms with E-state index in [4.69, 9.17) is 13.9 Å². The summed E-state index contributed by atoms with van der Waals surface area (Å²) in [7, 11) is 2.99. The molecule has 0 unspecified atom stereocenters. The topological polar surface area (TPSA) is 111 Å². The maximum Gasteiger partial charge on any atom is 0.261 e. The van der Waals surface area contributed by atoms with Gasteiger partial charge in [0.15, 0.2) is 5.78 Å². The third kappa shape index (κ3) is 3.71. The van der Waals surface area contributed by atoms with E-state index >= 15 is 0 Å². The molecule has 1 atom stereocenters. The van der Waals surface area contributed by atoms with Gasteiger partial charge < -0.3 is 24.2 Å². The van der Waals surface area contributed by atoms with Crippen LogP contribution in [0.1, 0.15) is 44.5 Å². The number of H-pyrrole nitrogens is 1. The van der Waals surface area contributed by atoms with Crippen LogP contribution in [0.5, 0.6) is 11.5 Å². The number of rotatable bonds is 5. The molecule has 3 aromatic rings. The van der Waals surface area contributed by atoms with E-state index in [2.05, 4.69) is 10.3 Å². The van der Waals surface area contributed by atoms with Crippen LogP contribution in [0, 0.1) is 0 Å². The number of carbonyl (C=O) groups excluding carboxylic acids is 2. The van der Waals surface area contributed by atoms with Crippen LogP contribution in [0.4, 0.5) is 5.69 Å². The van der Waals surface area contributed by atoms with E-state index in [0.29, 0.717) is 40.6 Å². The average Bonchev–Trinajstić information content (AvgIpc) is 3.27. The summed E-state index contributed by atoms with van der Waals surface area (Å²) in [5, 5.41) is 2.66. The lowest BCUT2D eigenvalue weighted by molar-refractivity contribution is 0.0959. The van der Waals surface area contributed by atoms with Crippen LogP contribution in [0.2, 0.25) is 0 Å². The molecule has 154 valence electrons. The standard InChI is InChI=1S/C22H20N2O6/c1-28-14-8-13(9-15(10-14)29-2)23-21(26)17-11-16-18(24-22(17)27)6-12(7-19(16)25)20-4-3-5-30-20/h3-5,8-12H,6-7H2,1-2H3,(H,23,26)(H,24,27)/t12-/m1/s1. The van der Waals surface area contributed by atoms with Gasteiger partial charge >= 0.3 is 0 Å². The number of ether oxygens (including phenoxy) is 2. The number of ketones is 1. The number of pyridine rings is 1. The van der Waals surface area contributed by atoms with Gasteiger partial charge in [0, 0.05) is 47.5 Å². The van der Waals surface area contributed by atoms with Crippen molar-refractivity contribution in [3.8, 4) is 11.5 Å². The minimum atomic E-state index is -0.629. The number of hydrogen-bond donors (Lipinski definition) is 2. The summed E-state index contributed by atoms with van der Waals surface area (Å²) in [4.78, 5) is 40.7. The van der Waals surface area contributed by atoms with Crippen molar-refractivity contribution < 1.29 is 23.5 Å². The molecule has 1 aromatic carbocycles. The quantitative estimate of drug-likeness (QED) is 0.671. The lowest BCUT2D eigenvalue weighted by Crippen LogP contribution is -2.29. The Hall–Kier alpha value is -3.81. The van der Waals surface area contributed by atoms with Gasteiger partial charge in [0.25, 0.3) is 11.5 Å². The Labute approximate surface area is 171 Å². The molecule has 2 N–H and O–H groups in total. The predicted molar refractivity (Wildman–Crippen MR) is 109 cm³/mol. The molecular weight excluding hydrogens is 388 g/mol. The van der Waals surface area contributed by atoms with Gasteiger partial charge in [0.05, 0.1) is 20.5 Å². The van der Waals surface area contributed by atoms with E-state index in [9.17, 15) is 14.4 Å². The average molecular weight is 408 g/mol. The molecule has 1 aliphatic carbocycles. The smallest absolute Gasteiger partial charge is 0.261 e. The molecule has 0 aliphatic heterocycles. The van der Waals surface area contributed by atoms with Gasteiger partial charge in [-0.25, -0.2) is 0 Å². The molecule has 0 fully saturated rings. The SMILES string of the molecule is COc1cc(NC(=O)c2cc3c([nH]c2=O)C[C@@H](c2ccco2)CC3=O)cc(OC)c1. The Morgan fingerprint density at radius 3 is 2.47 bits per heavy atom. The molecule has 0 saturated heterocycles. The van der Waals surface area contributed by atoms with E-state index < -0.39 is 11.5 Å². The van der Waals surface area contributed by atoms with E-state index in [0.717, 1.165) is 0 Å². The maximum absolute atomic E-state index is 12.7. The molecule has 2 heterocycles. The summed E-state index contributed by atoms with van der Waals surface area (Å²) in [5.41, 5.74) is 0.565. The Balaban J connectivity index is 1.62. The van der Waals surface area contributed by atoms with Crippen molar-refractivity contribution in [2.45, 2.75) is 18.8 Å². The van der Waals surface area contributed by atoms with Gasteiger partial charge in [-0.3, -0.25) is 14.4 Å². The Kier molecular flexibility index (Phi) is 5.14. The Morgan fingerprint density at radius 1 is 1.10 bits per heavy atom. The third-order valence-electron chi connectivity index (χ3n) is 5.11. The third-order valence-corrected chi connectivity index (χ3v) is 5.11. The first-order valence-corrected chi connectivity index (χ1v) is 9.35. The van der Waals surface area contributed by atoms with Gasteiger partial charge in [-0.15, -0.1) is 0 Å². The second kappa shape index (κ2) is 7.90. The van der Waals surface area contributed by atoms with Crippen molar-refractivity contribution in [2.24, 2.45) is 0 Å². The van der Waals surface area contributed by atoms with Crippen molar-refractivity contribution in [1.29, 1.82) is 0 Å². The highest BCUT2D eigenvalue weighted by Gasteiger charge is 2.30. The van der Waals surface area contributed by atoms with Gasteiger partial charge in [0.2, 0.25) is 0 Å². The van der Waals surface area contributed by atoms with Crippen LogP contribution < -0.4 is 20.3 Å². The second-order valence-corrected chi connectivity index (χ2v) is 7.00. The zero-order valence-electron chi connectivity index (χ0n) is 16.5. The highest BCUT2D eigenvalue weighted by molar-refractivity contribution is 6.07. The first-order chi connectivity index (χ1) is 14.5. The van der Waals surface area contributed by atoms with E-state index in [-0.39, 0.29) is 23.7 Å². The van der Waals surface area contributed by atoms with Gasteiger partial charge in [0.1, 0.15) is 22.8 Å². The Bertz CT molecular complexity index is 1140. The maximum atomic E-state index is 12.7. The molecule has 30 heavy (non-hydrogen) atoms. The zero-order valence-corrected chi connectivity index (χ0v) is 16.5. The van der Waals surface area contributed by atoms with Crippen LogP contribution in [0.25, 0.3) is 0 Å². The molecule has 8 heteroatoms. The number of amides is 1. The number of fused-ring (bicyclic) bond motifs is 1. The first-order valence-electron chi connectivity index (χ1n) is 9.35. The fraction of sp³-hybridized carbons (Fsp3) is 0.227. The van der Waals surface area contributed by atoms with Crippen molar-refractivity contribution >= 4 is 17.4 Å². The zero-order chi connectivity index (χ0) is 21.3. The molecule has 1 amide bonds. The van der Waals surface area contributed by atoms with Crippen molar-refractivity contribution in [2.75, 3.05) is 19.5 Å². The predicted octanol–water partition coefficient (Wildman–Crippen LogP) is 3.15. The summed E-state index contributed by atoms with van der Waals surface area (Å²) in [6, 6.07) is 9.81. The lowest BCUT2D eigenvalue weighted by Gasteiger charge is -2.22. The fourth-order valence-corrected chi connectivity index (χ4v) is 3.60. The molecule has 0 saturated carbocycles. The largest absolute Gasteiger partial charge is 0.497 e. The molecule has 0 bridgehead atoms. The minimum Gasteiger partial charge on any atom is -0.497 e. The summed E-state index contributed by atoms with van der Waals surface area (Å²) >= 11 is 0. The number of hydrogen-bond acceptors (Lipinski definition) is 6. The summed E-state index contributed by atoms with van der Waals surface area (Å²) in [6.45, 7) is 0. The number of Topliss-reactive ketones (excluding diaryl/α,β-unsaturated/α-hetero) is 1.